The number of alkyl halides is 3. The normalized spacial score (nSPS) is 11.8. The van der Waals surface area contributed by atoms with Crippen LogP contribution < -0.4 is 10.2 Å². The van der Waals surface area contributed by atoms with E-state index in [1.54, 1.807) is 11.8 Å². The molecule has 0 aliphatic carbocycles. The van der Waals surface area contributed by atoms with Crippen LogP contribution in [0.25, 0.3) is 0 Å². The van der Waals surface area contributed by atoms with Crippen molar-refractivity contribution < 1.29 is 18.3 Å². The van der Waals surface area contributed by atoms with Gasteiger partial charge in [0.25, 0.3) is 0 Å². The number of aliphatic hydroxyl groups is 1. The largest absolute Gasteiger partial charge is 0.451 e. The summed E-state index contributed by atoms with van der Waals surface area (Å²) in [7, 11) is 0. The molecule has 0 aliphatic rings. The maximum Gasteiger partial charge on any atom is 0.451 e. The summed E-state index contributed by atoms with van der Waals surface area (Å²) in [4.78, 5) is 8.62. The van der Waals surface area contributed by atoms with E-state index in [1.807, 2.05) is 13.8 Å². The van der Waals surface area contributed by atoms with E-state index in [-0.39, 0.29) is 30.8 Å². The zero-order valence-corrected chi connectivity index (χ0v) is 11.7. The Morgan fingerprint density at radius 3 is 2.45 bits per heavy atom. The Hall–Kier alpha value is -1.57. The van der Waals surface area contributed by atoms with Gasteiger partial charge in [0.2, 0.25) is 5.82 Å². The molecule has 1 rings (SSSR count). The maximum atomic E-state index is 12.8. The van der Waals surface area contributed by atoms with Gasteiger partial charge in [0.1, 0.15) is 11.6 Å². The molecule has 1 aromatic rings. The smallest absolute Gasteiger partial charge is 0.395 e. The van der Waals surface area contributed by atoms with Crippen molar-refractivity contribution in [2.45, 2.75) is 33.0 Å². The van der Waals surface area contributed by atoms with Gasteiger partial charge in [0, 0.05) is 25.2 Å². The number of rotatable bonds is 6. The maximum absolute atomic E-state index is 12.8. The van der Waals surface area contributed by atoms with E-state index in [1.165, 1.54) is 6.07 Å². The topological polar surface area (TPSA) is 61.3 Å². The van der Waals surface area contributed by atoms with Crippen LogP contribution in [-0.4, -0.2) is 40.8 Å². The lowest BCUT2D eigenvalue weighted by Crippen LogP contribution is -2.34. The molecule has 0 unspecified atom stereocenters. The van der Waals surface area contributed by atoms with Gasteiger partial charge in [0.05, 0.1) is 6.61 Å². The molecular formula is C12H19F3N4O. The van der Waals surface area contributed by atoms with E-state index in [0.717, 1.165) is 0 Å². The van der Waals surface area contributed by atoms with Crippen molar-refractivity contribution in [2.75, 3.05) is 29.9 Å². The van der Waals surface area contributed by atoms with Crippen LogP contribution in [0, 0.1) is 0 Å². The van der Waals surface area contributed by atoms with Gasteiger partial charge >= 0.3 is 6.18 Å². The monoisotopic (exact) mass is 292 g/mol. The van der Waals surface area contributed by atoms with Crippen LogP contribution in [0.15, 0.2) is 6.07 Å². The molecule has 0 fully saturated rings. The molecule has 0 atom stereocenters. The Balaban J connectivity index is 3.26. The minimum absolute atomic E-state index is 0.0902. The molecule has 2 N–H and O–H groups in total. The van der Waals surface area contributed by atoms with E-state index in [2.05, 4.69) is 15.3 Å². The predicted molar refractivity (Wildman–Crippen MR) is 70.8 cm³/mol. The third-order valence-corrected chi connectivity index (χ3v) is 2.58. The first kappa shape index (κ1) is 16.5. The third-order valence-electron chi connectivity index (χ3n) is 2.58. The minimum Gasteiger partial charge on any atom is -0.395 e. The molecule has 5 nitrogen and oxygen atoms in total. The van der Waals surface area contributed by atoms with Gasteiger partial charge in [-0.05, 0) is 20.8 Å². The second kappa shape index (κ2) is 6.74. The summed E-state index contributed by atoms with van der Waals surface area (Å²) < 4.78 is 38.5. The lowest BCUT2D eigenvalue weighted by atomic mass is 10.3. The number of hydrogen-bond acceptors (Lipinski definition) is 5. The van der Waals surface area contributed by atoms with Gasteiger partial charge in [-0.1, -0.05) is 0 Å². The van der Waals surface area contributed by atoms with Crippen molar-refractivity contribution in [1.82, 2.24) is 9.97 Å². The van der Waals surface area contributed by atoms with Crippen molar-refractivity contribution in [3.63, 3.8) is 0 Å². The fraction of sp³-hybridized carbons (Fsp3) is 0.667. The second-order valence-electron chi connectivity index (χ2n) is 4.47. The van der Waals surface area contributed by atoms with E-state index in [4.69, 9.17) is 5.11 Å². The summed E-state index contributed by atoms with van der Waals surface area (Å²) in [5.41, 5.74) is 0. The summed E-state index contributed by atoms with van der Waals surface area (Å²) in [6.07, 6.45) is -4.61. The Morgan fingerprint density at radius 2 is 2.00 bits per heavy atom. The van der Waals surface area contributed by atoms with Crippen LogP contribution in [0.2, 0.25) is 0 Å². The highest BCUT2D eigenvalue weighted by Crippen LogP contribution is 2.29. The fourth-order valence-electron chi connectivity index (χ4n) is 1.73. The molecule has 0 bridgehead atoms. The van der Waals surface area contributed by atoms with Crippen molar-refractivity contribution in [2.24, 2.45) is 0 Å². The number of nitrogens with one attached hydrogen (secondary N) is 1. The van der Waals surface area contributed by atoms with Crippen molar-refractivity contribution in [3.8, 4) is 0 Å². The second-order valence-corrected chi connectivity index (χ2v) is 4.47. The van der Waals surface area contributed by atoms with E-state index >= 15 is 0 Å². The number of aromatic nitrogens is 2. The molecule has 20 heavy (non-hydrogen) atoms. The highest BCUT2D eigenvalue weighted by molar-refractivity contribution is 5.50. The highest BCUT2D eigenvalue weighted by atomic mass is 19.4. The average Bonchev–Trinajstić information content (AvgIpc) is 2.34. The molecule has 0 saturated carbocycles. The Morgan fingerprint density at radius 1 is 1.35 bits per heavy atom. The number of halogens is 3. The molecule has 114 valence electrons. The van der Waals surface area contributed by atoms with E-state index in [0.29, 0.717) is 6.54 Å². The third kappa shape index (κ3) is 4.22. The van der Waals surface area contributed by atoms with Gasteiger partial charge in [-0.25, -0.2) is 9.97 Å². The zero-order chi connectivity index (χ0) is 15.3. The summed E-state index contributed by atoms with van der Waals surface area (Å²) in [5, 5.41) is 11.8. The summed E-state index contributed by atoms with van der Waals surface area (Å²) in [6.45, 7) is 5.89. The van der Waals surface area contributed by atoms with Crippen LogP contribution in [0.5, 0.6) is 0 Å². The lowest BCUT2D eigenvalue weighted by molar-refractivity contribution is -0.144. The Kier molecular flexibility index (Phi) is 5.55. The summed E-state index contributed by atoms with van der Waals surface area (Å²) >= 11 is 0. The van der Waals surface area contributed by atoms with Crippen molar-refractivity contribution >= 4 is 11.6 Å². The summed E-state index contributed by atoms with van der Waals surface area (Å²) in [5.74, 6) is -0.921. The summed E-state index contributed by atoms with van der Waals surface area (Å²) in [6, 6.07) is 1.36. The molecule has 0 amide bonds. The van der Waals surface area contributed by atoms with Crippen LogP contribution in [0.3, 0.4) is 0 Å². The first-order valence-corrected chi connectivity index (χ1v) is 6.37. The van der Waals surface area contributed by atoms with Gasteiger partial charge in [-0.2, -0.15) is 13.2 Å². The number of nitrogens with zero attached hydrogens (tertiary/aromatic N) is 3. The van der Waals surface area contributed by atoms with Gasteiger partial charge in [0.15, 0.2) is 0 Å². The first-order valence-electron chi connectivity index (χ1n) is 6.37. The quantitative estimate of drug-likeness (QED) is 0.841. The standard InChI is InChI=1S/C12H19F3N4O/c1-4-16-9-7-10(19(5-6-20)8(2)3)18-11(17-9)12(13,14)15/h7-8,20H,4-6H2,1-3H3,(H,16,17,18). The molecule has 0 spiro atoms. The van der Waals surface area contributed by atoms with E-state index < -0.39 is 12.0 Å². The molecule has 1 heterocycles. The Bertz CT molecular complexity index is 437. The number of aliphatic hydroxyl groups excluding tert-OH is 1. The van der Waals surface area contributed by atoms with Crippen LogP contribution in [0.1, 0.15) is 26.6 Å². The molecule has 0 aromatic carbocycles. The SMILES string of the molecule is CCNc1cc(N(CCO)C(C)C)nc(C(F)(F)F)n1. The fourth-order valence-corrected chi connectivity index (χ4v) is 1.73. The first-order chi connectivity index (χ1) is 9.29. The minimum atomic E-state index is -4.61. The number of anilines is 2. The van der Waals surface area contributed by atoms with Crippen molar-refractivity contribution in [1.29, 1.82) is 0 Å². The van der Waals surface area contributed by atoms with Gasteiger partial charge < -0.3 is 15.3 Å². The molecule has 0 radical (unpaired) electrons. The predicted octanol–water partition coefficient (Wildman–Crippen LogP) is 2.13. The highest BCUT2D eigenvalue weighted by Gasteiger charge is 2.36. The van der Waals surface area contributed by atoms with Gasteiger partial charge in [-0.3, -0.25) is 0 Å². The van der Waals surface area contributed by atoms with Crippen LogP contribution in [-0.2, 0) is 6.18 Å². The molecule has 1 aromatic heterocycles. The molecule has 0 aliphatic heterocycles. The molecular weight excluding hydrogens is 273 g/mol. The molecule has 0 saturated heterocycles. The van der Waals surface area contributed by atoms with Crippen molar-refractivity contribution in [3.05, 3.63) is 11.9 Å². The Labute approximate surface area is 115 Å². The molecule has 8 heteroatoms. The van der Waals surface area contributed by atoms with Crippen LogP contribution in [0.4, 0.5) is 24.8 Å². The lowest BCUT2D eigenvalue weighted by Gasteiger charge is -2.27. The number of hydrogen-bond donors (Lipinski definition) is 2. The average molecular weight is 292 g/mol. The van der Waals surface area contributed by atoms with Crippen LogP contribution >= 0.6 is 0 Å². The van der Waals surface area contributed by atoms with E-state index in [9.17, 15) is 13.2 Å². The zero-order valence-electron chi connectivity index (χ0n) is 11.7. The van der Waals surface area contributed by atoms with Gasteiger partial charge in [-0.15, -0.1) is 0 Å².